The summed E-state index contributed by atoms with van der Waals surface area (Å²) in [4.78, 5) is 14.4. The number of anilines is 1. The second kappa shape index (κ2) is 6.90. The maximum absolute atomic E-state index is 12.7. The Balaban J connectivity index is 1.48. The number of halogens is 1. The molecule has 0 N–H and O–H groups in total. The summed E-state index contributed by atoms with van der Waals surface area (Å²) in [5, 5.41) is 8.84. The summed E-state index contributed by atoms with van der Waals surface area (Å²) in [5.41, 5.74) is 1.60. The van der Waals surface area contributed by atoms with Crippen molar-refractivity contribution < 1.29 is 9.21 Å². The van der Waals surface area contributed by atoms with Crippen molar-refractivity contribution in [2.24, 2.45) is 0 Å². The number of carbonyl (C=O) groups excluding carboxylic acids is 1. The number of carbonyl (C=O) groups is 1. The first-order chi connectivity index (χ1) is 12.2. The van der Waals surface area contributed by atoms with Crippen LogP contribution in [0.3, 0.4) is 0 Å². The molecule has 2 aromatic carbocycles. The lowest BCUT2D eigenvalue weighted by molar-refractivity contribution is -0.116. The highest BCUT2D eigenvalue weighted by atomic mass is 35.5. The van der Waals surface area contributed by atoms with Crippen LogP contribution in [-0.4, -0.2) is 27.9 Å². The molecule has 1 fully saturated rings. The van der Waals surface area contributed by atoms with Gasteiger partial charge in [-0.05, 0) is 30.7 Å². The van der Waals surface area contributed by atoms with Crippen LogP contribution in [0.1, 0.15) is 6.42 Å². The Morgan fingerprint density at radius 3 is 2.64 bits per heavy atom. The van der Waals surface area contributed by atoms with E-state index in [0.717, 1.165) is 11.3 Å². The van der Waals surface area contributed by atoms with Crippen molar-refractivity contribution in [2.75, 3.05) is 11.4 Å². The Kier molecular flexibility index (Phi) is 4.46. The number of hydrogen-bond donors (Lipinski definition) is 0. The van der Waals surface area contributed by atoms with Crippen LogP contribution in [-0.2, 0) is 4.79 Å². The predicted molar refractivity (Wildman–Crippen MR) is 97.8 cm³/mol. The number of thioether (sulfide) groups is 1. The molecule has 1 aromatic heterocycles. The van der Waals surface area contributed by atoms with Gasteiger partial charge in [0.05, 0.1) is 16.0 Å². The van der Waals surface area contributed by atoms with E-state index in [9.17, 15) is 4.79 Å². The Hall–Kier alpha value is -2.31. The van der Waals surface area contributed by atoms with Crippen LogP contribution in [0.5, 0.6) is 0 Å². The highest BCUT2D eigenvalue weighted by Crippen LogP contribution is 2.35. The highest BCUT2D eigenvalue weighted by Gasteiger charge is 2.35. The molecule has 1 unspecified atom stereocenters. The van der Waals surface area contributed by atoms with Gasteiger partial charge in [0.15, 0.2) is 0 Å². The van der Waals surface area contributed by atoms with Gasteiger partial charge >= 0.3 is 0 Å². The van der Waals surface area contributed by atoms with E-state index >= 15 is 0 Å². The van der Waals surface area contributed by atoms with Gasteiger partial charge < -0.3 is 9.32 Å². The molecule has 0 radical (unpaired) electrons. The van der Waals surface area contributed by atoms with Gasteiger partial charge in [0.2, 0.25) is 11.8 Å². The number of amides is 1. The molecular formula is C18H14ClN3O2S. The first-order valence-corrected chi connectivity index (χ1v) is 9.09. The summed E-state index contributed by atoms with van der Waals surface area (Å²) < 4.78 is 5.69. The fraction of sp³-hybridized carbons (Fsp3) is 0.167. The van der Waals surface area contributed by atoms with Gasteiger partial charge in [0.25, 0.3) is 5.22 Å². The van der Waals surface area contributed by atoms with E-state index in [1.807, 2.05) is 48.5 Å². The molecular weight excluding hydrogens is 358 g/mol. The predicted octanol–water partition coefficient (Wildman–Crippen LogP) is 4.29. The minimum atomic E-state index is -0.250. The molecule has 0 bridgehead atoms. The van der Waals surface area contributed by atoms with Gasteiger partial charge in [-0.2, -0.15) is 0 Å². The number of nitrogens with zero attached hydrogens (tertiary/aromatic N) is 3. The van der Waals surface area contributed by atoms with Gasteiger partial charge in [0.1, 0.15) is 0 Å². The fourth-order valence-corrected chi connectivity index (χ4v) is 3.90. The third-order valence-corrected chi connectivity index (χ3v) is 5.38. The Bertz CT molecular complexity index is 900. The molecule has 1 amide bonds. The Morgan fingerprint density at radius 1 is 1.08 bits per heavy atom. The largest absolute Gasteiger partial charge is 0.411 e. The summed E-state index contributed by atoms with van der Waals surface area (Å²) in [6, 6.07) is 16.9. The van der Waals surface area contributed by atoms with Crippen molar-refractivity contribution >= 4 is 35.0 Å². The number of hydrogen-bond acceptors (Lipinski definition) is 5. The number of benzene rings is 2. The van der Waals surface area contributed by atoms with Crippen molar-refractivity contribution in [3.05, 3.63) is 59.6 Å². The topological polar surface area (TPSA) is 59.2 Å². The molecule has 0 spiro atoms. The molecule has 25 heavy (non-hydrogen) atoms. The molecule has 3 aromatic rings. The molecule has 7 heteroatoms. The molecule has 1 saturated heterocycles. The number of para-hydroxylation sites is 1. The molecule has 4 rings (SSSR count). The molecule has 1 atom stereocenters. The first-order valence-electron chi connectivity index (χ1n) is 7.84. The van der Waals surface area contributed by atoms with Crippen LogP contribution < -0.4 is 4.90 Å². The van der Waals surface area contributed by atoms with Gasteiger partial charge in [-0.25, -0.2) is 0 Å². The standard InChI is InChI=1S/C18H14ClN3O2S/c19-13-8-4-5-9-14(13)22-11-10-15(17(22)23)25-18-21-20-16(24-18)12-6-2-1-3-7-12/h1-9,15H,10-11H2. The minimum absolute atomic E-state index is 0.0116. The molecule has 1 aliphatic heterocycles. The zero-order chi connectivity index (χ0) is 17.2. The van der Waals surface area contributed by atoms with Crippen LogP contribution in [0, 0.1) is 0 Å². The number of aromatic nitrogens is 2. The van der Waals surface area contributed by atoms with E-state index in [1.54, 1.807) is 11.0 Å². The zero-order valence-corrected chi connectivity index (χ0v) is 14.7. The lowest BCUT2D eigenvalue weighted by Gasteiger charge is -2.17. The quantitative estimate of drug-likeness (QED) is 0.684. The molecule has 5 nitrogen and oxygen atoms in total. The maximum Gasteiger partial charge on any atom is 0.277 e. The summed E-state index contributed by atoms with van der Waals surface area (Å²) >= 11 is 7.51. The SMILES string of the molecule is O=C1C(Sc2nnc(-c3ccccc3)o2)CCN1c1ccccc1Cl. The lowest BCUT2D eigenvalue weighted by atomic mass is 10.2. The van der Waals surface area contributed by atoms with Crippen LogP contribution in [0.2, 0.25) is 5.02 Å². The number of rotatable bonds is 4. The third kappa shape index (κ3) is 3.27. The average Bonchev–Trinajstić information content (AvgIpc) is 3.25. The smallest absolute Gasteiger partial charge is 0.277 e. The van der Waals surface area contributed by atoms with Crippen LogP contribution in [0.25, 0.3) is 11.5 Å². The monoisotopic (exact) mass is 371 g/mol. The van der Waals surface area contributed by atoms with Crippen molar-refractivity contribution in [1.82, 2.24) is 10.2 Å². The van der Waals surface area contributed by atoms with Crippen molar-refractivity contribution in [1.29, 1.82) is 0 Å². The second-order valence-corrected chi connectivity index (χ2v) is 7.14. The molecule has 0 saturated carbocycles. The minimum Gasteiger partial charge on any atom is -0.411 e. The van der Waals surface area contributed by atoms with E-state index in [-0.39, 0.29) is 11.2 Å². The molecule has 126 valence electrons. The summed E-state index contributed by atoms with van der Waals surface area (Å²) in [6.07, 6.45) is 0.706. The summed E-state index contributed by atoms with van der Waals surface area (Å²) in [5.74, 6) is 0.467. The average molecular weight is 372 g/mol. The first kappa shape index (κ1) is 16.2. The Labute approximate surface area is 154 Å². The second-order valence-electron chi connectivity index (χ2n) is 5.58. The van der Waals surface area contributed by atoms with E-state index in [2.05, 4.69) is 10.2 Å². The van der Waals surface area contributed by atoms with E-state index in [4.69, 9.17) is 16.0 Å². The third-order valence-electron chi connectivity index (χ3n) is 3.97. The summed E-state index contributed by atoms with van der Waals surface area (Å²) in [7, 11) is 0. The summed E-state index contributed by atoms with van der Waals surface area (Å²) in [6.45, 7) is 0.625. The van der Waals surface area contributed by atoms with E-state index in [1.165, 1.54) is 11.8 Å². The fourth-order valence-electron chi connectivity index (χ4n) is 2.75. The molecule has 2 heterocycles. The van der Waals surface area contributed by atoms with E-state index < -0.39 is 0 Å². The van der Waals surface area contributed by atoms with Crippen LogP contribution in [0.15, 0.2) is 64.2 Å². The maximum atomic E-state index is 12.7. The Morgan fingerprint density at radius 2 is 1.84 bits per heavy atom. The van der Waals surface area contributed by atoms with E-state index in [0.29, 0.717) is 29.1 Å². The normalized spacial score (nSPS) is 17.2. The van der Waals surface area contributed by atoms with Crippen LogP contribution >= 0.6 is 23.4 Å². The van der Waals surface area contributed by atoms with Crippen molar-refractivity contribution in [3.8, 4) is 11.5 Å². The van der Waals surface area contributed by atoms with Gasteiger partial charge in [-0.3, -0.25) is 4.79 Å². The van der Waals surface area contributed by atoms with Crippen molar-refractivity contribution in [2.45, 2.75) is 16.9 Å². The van der Waals surface area contributed by atoms with Crippen LogP contribution in [0.4, 0.5) is 5.69 Å². The highest BCUT2D eigenvalue weighted by molar-refractivity contribution is 8.00. The van der Waals surface area contributed by atoms with Gasteiger partial charge in [0, 0.05) is 12.1 Å². The lowest BCUT2D eigenvalue weighted by Crippen LogP contribution is -2.28. The zero-order valence-electron chi connectivity index (χ0n) is 13.1. The molecule has 1 aliphatic rings. The van der Waals surface area contributed by atoms with Crippen molar-refractivity contribution in [3.63, 3.8) is 0 Å². The molecule has 0 aliphatic carbocycles. The van der Waals surface area contributed by atoms with Gasteiger partial charge in [-0.15, -0.1) is 10.2 Å². The van der Waals surface area contributed by atoms with Gasteiger partial charge in [-0.1, -0.05) is 53.7 Å².